The minimum Gasteiger partial charge on any atom is -0.416 e. The topological polar surface area (TPSA) is 15.7 Å². The van der Waals surface area contributed by atoms with Gasteiger partial charge >= 0.3 is 0 Å². The van der Waals surface area contributed by atoms with Gasteiger partial charge in [0.25, 0.3) is 0 Å². The smallest absolute Gasteiger partial charge is 0.217 e. The maximum Gasteiger partial charge on any atom is 0.217 e. The van der Waals surface area contributed by atoms with Crippen LogP contribution in [0, 0.1) is 0 Å². The zero-order chi connectivity index (χ0) is 29.6. The molecule has 6 aromatic carbocycles. The summed E-state index contributed by atoms with van der Waals surface area (Å²) < 4.78 is 5.86. The van der Waals surface area contributed by atoms with Gasteiger partial charge < -0.3 is 14.2 Å². The van der Waals surface area contributed by atoms with Crippen molar-refractivity contribution in [2.24, 2.45) is 0 Å². The minimum absolute atomic E-state index is 1.10. The molecule has 0 fully saturated rings. The summed E-state index contributed by atoms with van der Waals surface area (Å²) in [6.07, 6.45) is 0. The van der Waals surface area contributed by atoms with Crippen LogP contribution in [0.1, 0.15) is 0 Å². The summed E-state index contributed by atoms with van der Waals surface area (Å²) >= 11 is 0. The van der Waals surface area contributed by atoms with E-state index in [0.717, 1.165) is 45.3 Å². The molecule has 6 aromatic rings. The first kappa shape index (κ1) is 28.2. The van der Waals surface area contributed by atoms with Crippen molar-refractivity contribution in [2.75, 3.05) is 16.9 Å². The zero-order valence-electron chi connectivity index (χ0n) is 24.9. The monoisotopic (exact) mass is 576 g/mol. The van der Waals surface area contributed by atoms with Gasteiger partial charge in [0.2, 0.25) is 8.32 Å². The lowest BCUT2D eigenvalue weighted by atomic mass is 10.0. The molecule has 4 heteroatoms. The molecule has 0 heterocycles. The van der Waals surface area contributed by atoms with E-state index in [-0.39, 0.29) is 0 Å². The van der Waals surface area contributed by atoms with Crippen LogP contribution in [-0.4, -0.2) is 15.4 Å². The molecule has 0 bridgehead atoms. The average molecular weight is 577 g/mol. The fraction of sp³-hybridized carbons (Fsp3) is 0.0769. The number of hydrogen-bond acceptors (Lipinski definition) is 3. The molecule has 0 amide bonds. The lowest BCUT2D eigenvalue weighted by Crippen LogP contribution is -2.43. The second-order valence-electron chi connectivity index (χ2n) is 11.0. The lowest BCUT2D eigenvalue weighted by Gasteiger charge is -2.27. The molecule has 43 heavy (non-hydrogen) atoms. The van der Waals surface area contributed by atoms with E-state index in [2.05, 4.69) is 187 Å². The van der Waals surface area contributed by atoms with E-state index in [1.807, 2.05) is 7.11 Å². The van der Waals surface area contributed by atoms with Crippen molar-refractivity contribution in [3.8, 4) is 11.1 Å². The Kier molecular flexibility index (Phi) is 8.23. The minimum atomic E-state index is -1.91. The van der Waals surface area contributed by atoms with Gasteiger partial charge in [0.15, 0.2) is 0 Å². The molecule has 0 radical (unpaired) electrons. The van der Waals surface area contributed by atoms with Gasteiger partial charge in [0.05, 0.1) is 0 Å². The number of hydrogen-bond donors (Lipinski definition) is 0. The Hall–Kier alpha value is -4.90. The second kappa shape index (κ2) is 12.5. The molecular formula is C39H36N2OSi. The lowest BCUT2D eigenvalue weighted by molar-refractivity contribution is 0.416. The third kappa shape index (κ3) is 6.16. The summed E-state index contributed by atoms with van der Waals surface area (Å²) in [6.45, 7) is 4.45. The van der Waals surface area contributed by atoms with Crippen LogP contribution in [0.25, 0.3) is 11.1 Å². The molecule has 0 saturated carbocycles. The van der Waals surface area contributed by atoms with Crippen molar-refractivity contribution in [3.63, 3.8) is 0 Å². The van der Waals surface area contributed by atoms with Crippen molar-refractivity contribution < 1.29 is 4.43 Å². The molecule has 3 nitrogen and oxygen atoms in total. The number of nitrogens with zero attached hydrogens (tertiary/aromatic N) is 2. The van der Waals surface area contributed by atoms with Crippen molar-refractivity contribution in [2.45, 2.75) is 13.1 Å². The quantitative estimate of drug-likeness (QED) is 0.159. The predicted molar refractivity (Wildman–Crippen MR) is 185 cm³/mol. The van der Waals surface area contributed by atoms with Crippen LogP contribution in [0.15, 0.2) is 164 Å². The Morgan fingerprint density at radius 2 is 0.744 bits per heavy atom. The van der Waals surface area contributed by atoms with Crippen LogP contribution < -0.4 is 15.0 Å². The maximum absolute atomic E-state index is 5.86. The molecule has 0 saturated heterocycles. The molecule has 0 aliphatic rings. The zero-order valence-corrected chi connectivity index (χ0v) is 25.9. The number of benzene rings is 6. The predicted octanol–water partition coefficient (Wildman–Crippen LogP) is 10.4. The third-order valence-corrected chi connectivity index (χ3v) is 10.7. The van der Waals surface area contributed by atoms with Crippen molar-refractivity contribution in [1.29, 1.82) is 0 Å². The van der Waals surface area contributed by atoms with E-state index >= 15 is 0 Å². The van der Waals surface area contributed by atoms with Crippen LogP contribution in [0.5, 0.6) is 0 Å². The molecule has 212 valence electrons. The molecular weight excluding hydrogens is 541 g/mol. The van der Waals surface area contributed by atoms with E-state index in [1.54, 1.807) is 0 Å². The molecule has 0 spiro atoms. The SMILES string of the molecule is CO[Si](C)(C)c1ccc(N(c2ccccc2)c2cccc(-c3cccc(N(c4ccccc4)c4ccccc4)c3)c2)cc1. The molecule has 0 aliphatic carbocycles. The van der Waals surface area contributed by atoms with Gasteiger partial charge in [-0.25, -0.2) is 0 Å². The van der Waals surface area contributed by atoms with Gasteiger partial charge in [-0.1, -0.05) is 91.0 Å². The van der Waals surface area contributed by atoms with Gasteiger partial charge in [0.1, 0.15) is 0 Å². The van der Waals surface area contributed by atoms with E-state index in [1.165, 1.54) is 5.19 Å². The Balaban J connectivity index is 1.41. The standard InChI is InChI=1S/C39H36N2OSi/c1-42-43(2,3)39-27-25-36(26-28-39)41(35-21-11-6-12-22-35)38-24-14-16-32(30-38)31-15-13-23-37(29-31)40(33-17-7-4-8-18-33)34-19-9-5-10-20-34/h4-30H,1-3H3. The first-order valence-corrected chi connectivity index (χ1v) is 17.6. The van der Waals surface area contributed by atoms with E-state index in [4.69, 9.17) is 4.43 Å². The summed E-state index contributed by atoms with van der Waals surface area (Å²) in [5, 5.41) is 1.28. The molecule has 0 N–H and O–H groups in total. The first-order chi connectivity index (χ1) is 21.0. The highest BCUT2D eigenvalue weighted by molar-refractivity contribution is 6.84. The fourth-order valence-electron chi connectivity index (χ4n) is 5.40. The van der Waals surface area contributed by atoms with Crippen molar-refractivity contribution in [1.82, 2.24) is 0 Å². The fourth-order valence-corrected chi connectivity index (χ4v) is 6.61. The molecule has 0 aromatic heterocycles. The van der Waals surface area contributed by atoms with Crippen LogP contribution in [0.2, 0.25) is 13.1 Å². The van der Waals surface area contributed by atoms with Crippen molar-refractivity contribution in [3.05, 3.63) is 164 Å². The Morgan fingerprint density at radius 3 is 1.12 bits per heavy atom. The number of rotatable bonds is 9. The summed E-state index contributed by atoms with van der Waals surface area (Å²) in [7, 11) is -0.0939. The van der Waals surface area contributed by atoms with Gasteiger partial charge in [-0.05, 0) is 102 Å². The molecule has 0 aliphatic heterocycles. The van der Waals surface area contributed by atoms with E-state index < -0.39 is 8.32 Å². The highest BCUT2D eigenvalue weighted by Crippen LogP contribution is 2.39. The molecule has 0 unspecified atom stereocenters. The van der Waals surface area contributed by atoms with E-state index in [0.29, 0.717) is 0 Å². The molecule has 0 atom stereocenters. The number of para-hydroxylation sites is 3. The molecule has 6 rings (SSSR count). The van der Waals surface area contributed by atoms with Crippen LogP contribution in [-0.2, 0) is 4.43 Å². The number of anilines is 6. The summed E-state index contributed by atoms with van der Waals surface area (Å²) in [5.74, 6) is 0. The van der Waals surface area contributed by atoms with Crippen LogP contribution in [0.3, 0.4) is 0 Å². The van der Waals surface area contributed by atoms with Gasteiger partial charge in [-0.15, -0.1) is 0 Å². The average Bonchev–Trinajstić information content (AvgIpc) is 3.07. The van der Waals surface area contributed by atoms with E-state index in [9.17, 15) is 0 Å². The maximum atomic E-state index is 5.86. The largest absolute Gasteiger partial charge is 0.416 e. The highest BCUT2D eigenvalue weighted by Gasteiger charge is 2.24. The van der Waals surface area contributed by atoms with Gasteiger partial charge in [-0.2, -0.15) is 0 Å². The Labute approximate surface area is 256 Å². The first-order valence-electron chi connectivity index (χ1n) is 14.7. The highest BCUT2D eigenvalue weighted by atomic mass is 28.4. The summed E-state index contributed by atoms with van der Waals surface area (Å²) in [6, 6.07) is 58.1. The normalized spacial score (nSPS) is 11.2. The van der Waals surface area contributed by atoms with Crippen LogP contribution >= 0.6 is 0 Å². The Bertz CT molecular complexity index is 1730. The van der Waals surface area contributed by atoms with Gasteiger partial charge in [0, 0.05) is 41.2 Å². The van der Waals surface area contributed by atoms with Gasteiger partial charge in [-0.3, -0.25) is 0 Å². The summed E-state index contributed by atoms with van der Waals surface area (Å²) in [5.41, 5.74) is 9.01. The van der Waals surface area contributed by atoms with Crippen molar-refractivity contribution >= 4 is 47.6 Å². The third-order valence-electron chi connectivity index (χ3n) is 7.92. The Morgan fingerprint density at radius 1 is 0.395 bits per heavy atom. The second-order valence-corrected chi connectivity index (χ2v) is 15.0. The summed E-state index contributed by atoms with van der Waals surface area (Å²) in [4.78, 5) is 4.62. The van der Waals surface area contributed by atoms with Crippen LogP contribution in [0.4, 0.5) is 34.1 Å².